The molecule has 0 saturated carbocycles. The number of H-pyrrole nitrogens is 1. The summed E-state index contributed by atoms with van der Waals surface area (Å²) in [6, 6.07) is 10.2. The van der Waals surface area contributed by atoms with Crippen LogP contribution in [0.4, 0.5) is 4.39 Å². The summed E-state index contributed by atoms with van der Waals surface area (Å²) in [6.45, 7) is 1.50. The van der Waals surface area contributed by atoms with E-state index in [2.05, 4.69) is 10.2 Å². The SMILES string of the molecule is Fc1ccc(-c2ccc3n[nH]c(CCC4OCCCO4)c3n2)cc1. The number of fused-ring (bicyclic) bond motifs is 1. The minimum atomic E-state index is -0.253. The Labute approximate surface area is 138 Å². The van der Waals surface area contributed by atoms with Gasteiger partial charge in [-0.1, -0.05) is 0 Å². The van der Waals surface area contributed by atoms with Gasteiger partial charge in [0.25, 0.3) is 0 Å². The molecule has 1 N–H and O–H groups in total. The number of rotatable bonds is 4. The maximum absolute atomic E-state index is 13.1. The third-order valence-corrected chi connectivity index (χ3v) is 4.14. The number of nitrogens with zero attached hydrogens (tertiary/aromatic N) is 2. The summed E-state index contributed by atoms with van der Waals surface area (Å²) < 4.78 is 24.2. The molecule has 6 heteroatoms. The van der Waals surface area contributed by atoms with E-state index in [0.717, 1.165) is 60.5 Å². The van der Waals surface area contributed by atoms with E-state index in [1.807, 2.05) is 12.1 Å². The molecule has 0 spiro atoms. The zero-order valence-electron chi connectivity index (χ0n) is 13.2. The summed E-state index contributed by atoms with van der Waals surface area (Å²) >= 11 is 0. The zero-order chi connectivity index (χ0) is 16.4. The molecule has 2 aromatic heterocycles. The molecule has 0 atom stereocenters. The summed E-state index contributed by atoms with van der Waals surface area (Å²) in [6.07, 6.45) is 2.31. The molecule has 1 aromatic carbocycles. The number of aryl methyl sites for hydroxylation is 1. The lowest BCUT2D eigenvalue weighted by Crippen LogP contribution is -2.25. The van der Waals surface area contributed by atoms with Crippen molar-refractivity contribution in [3.8, 4) is 11.3 Å². The van der Waals surface area contributed by atoms with Crippen LogP contribution >= 0.6 is 0 Å². The maximum Gasteiger partial charge on any atom is 0.157 e. The van der Waals surface area contributed by atoms with E-state index >= 15 is 0 Å². The normalized spacial score (nSPS) is 15.9. The van der Waals surface area contributed by atoms with Crippen LogP contribution in [0.25, 0.3) is 22.3 Å². The Balaban J connectivity index is 1.57. The highest BCUT2D eigenvalue weighted by Crippen LogP contribution is 2.23. The van der Waals surface area contributed by atoms with E-state index in [1.54, 1.807) is 12.1 Å². The Kier molecular flexibility index (Phi) is 4.23. The molecule has 0 amide bonds. The second kappa shape index (κ2) is 6.67. The first kappa shape index (κ1) is 15.2. The molecule has 3 aromatic rings. The van der Waals surface area contributed by atoms with Gasteiger partial charge in [-0.05, 0) is 49.2 Å². The summed E-state index contributed by atoms with van der Waals surface area (Å²) in [5.41, 5.74) is 4.31. The van der Waals surface area contributed by atoms with Gasteiger partial charge in [-0.25, -0.2) is 9.37 Å². The summed E-state index contributed by atoms with van der Waals surface area (Å²) in [4.78, 5) is 4.70. The van der Waals surface area contributed by atoms with Crippen LogP contribution in [0.3, 0.4) is 0 Å². The van der Waals surface area contributed by atoms with Crippen LogP contribution in [0.5, 0.6) is 0 Å². The molecule has 4 rings (SSSR count). The van der Waals surface area contributed by atoms with E-state index in [1.165, 1.54) is 12.1 Å². The van der Waals surface area contributed by atoms with Crippen molar-refractivity contribution in [3.05, 3.63) is 47.9 Å². The molecule has 1 fully saturated rings. The number of benzene rings is 1. The molecule has 1 aliphatic rings. The average Bonchev–Trinajstić information content (AvgIpc) is 3.04. The van der Waals surface area contributed by atoms with Gasteiger partial charge in [0.15, 0.2) is 6.29 Å². The van der Waals surface area contributed by atoms with Crippen molar-refractivity contribution >= 4 is 11.0 Å². The Morgan fingerprint density at radius 1 is 1.08 bits per heavy atom. The Morgan fingerprint density at radius 2 is 1.88 bits per heavy atom. The van der Waals surface area contributed by atoms with Gasteiger partial charge >= 0.3 is 0 Å². The molecular weight excluding hydrogens is 309 g/mol. The number of hydrogen-bond acceptors (Lipinski definition) is 4. The van der Waals surface area contributed by atoms with Gasteiger partial charge in [0.2, 0.25) is 0 Å². The van der Waals surface area contributed by atoms with Crippen LogP contribution in [0.1, 0.15) is 18.5 Å². The minimum absolute atomic E-state index is 0.155. The van der Waals surface area contributed by atoms with Crippen molar-refractivity contribution in [2.75, 3.05) is 13.2 Å². The molecule has 124 valence electrons. The highest BCUT2D eigenvalue weighted by atomic mass is 19.1. The van der Waals surface area contributed by atoms with Crippen molar-refractivity contribution < 1.29 is 13.9 Å². The molecule has 0 bridgehead atoms. The van der Waals surface area contributed by atoms with Crippen molar-refractivity contribution in [3.63, 3.8) is 0 Å². The summed E-state index contributed by atoms with van der Waals surface area (Å²) in [5, 5.41) is 7.36. The van der Waals surface area contributed by atoms with Gasteiger partial charge in [-0.15, -0.1) is 0 Å². The van der Waals surface area contributed by atoms with Gasteiger partial charge in [0.1, 0.15) is 16.9 Å². The molecule has 3 heterocycles. The molecule has 24 heavy (non-hydrogen) atoms. The number of hydrogen-bond donors (Lipinski definition) is 1. The fraction of sp³-hybridized carbons (Fsp3) is 0.333. The lowest BCUT2D eigenvalue weighted by molar-refractivity contribution is -0.180. The first-order valence-corrected chi connectivity index (χ1v) is 8.13. The highest BCUT2D eigenvalue weighted by molar-refractivity contribution is 5.80. The minimum Gasteiger partial charge on any atom is -0.353 e. The number of aromatic amines is 1. The zero-order valence-corrected chi connectivity index (χ0v) is 13.2. The van der Waals surface area contributed by atoms with Gasteiger partial charge in [0.05, 0.1) is 24.6 Å². The Bertz CT molecular complexity index is 826. The number of aromatic nitrogens is 3. The van der Waals surface area contributed by atoms with Crippen molar-refractivity contribution in [2.45, 2.75) is 25.6 Å². The maximum atomic E-state index is 13.1. The van der Waals surface area contributed by atoms with Crippen molar-refractivity contribution in [1.82, 2.24) is 15.2 Å². The molecular formula is C18H18FN3O2. The van der Waals surface area contributed by atoms with E-state index in [-0.39, 0.29) is 12.1 Å². The molecule has 1 saturated heterocycles. The molecule has 0 unspecified atom stereocenters. The van der Waals surface area contributed by atoms with Gasteiger partial charge < -0.3 is 9.47 Å². The first-order valence-electron chi connectivity index (χ1n) is 8.13. The Hall–Kier alpha value is -2.31. The molecule has 1 aliphatic heterocycles. The predicted octanol–water partition coefficient (Wildman–Crippen LogP) is 3.46. The van der Waals surface area contributed by atoms with Crippen molar-refractivity contribution in [2.24, 2.45) is 0 Å². The lowest BCUT2D eigenvalue weighted by Gasteiger charge is -2.22. The van der Waals surface area contributed by atoms with E-state index < -0.39 is 0 Å². The third-order valence-electron chi connectivity index (χ3n) is 4.14. The largest absolute Gasteiger partial charge is 0.353 e. The number of pyridine rings is 1. The van der Waals surface area contributed by atoms with E-state index in [9.17, 15) is 4.39 Å². The van der Waals surface area contributed by atoms with Crippen LogP contribution < -0.4 is 0 Å². The topological polar surface area (TPSA) is 60.0 Å². The summed E-state index contributed by atoms with van der Waals surface area (Å²) in [7, 11) is 0. The second-order valence-electron chi connectivity index (χ2n) is 5.84. The summed E-state index contributed by atoms with van der Waals surface area (Å²) in [5.74, 6) is -0.253. The van der Waals surface area contributed by atoms with Crippen LogP contribution in [-0.4, -0.2) is 34.7 Å². The van der Waals surface area contributed by atoms with Crippen LogP contribution in [0, 0.1) is 5.82 Å². The smallest absolute Gasteiger partial charge is 0.157 e. The number of nitrogens with one attached hydrogen (secondary N) is 1. The second-order valence-corrected chi connectivity index (χ2v) is 5.84. The average molecular weight is 327 g/mol. The fourth-order valence-corrected chi connectivity index (χ4v) is 2.87. The van der Waals surface area contributed by atoms with E-state index in [4.69, 9.17) is 14.5 Å². The number of ether oxygens (including phenoxy) is 2. The van der Waals surface area contributed by atoms with Crippen LogP contribution in [0.2, 0.25) is 0 Å². The highest BCUT2D eigenvalue weighted by Gasteiger charge is 2.16. The Morgan fingerprint density at radius 3 is 2.67 bits per heavy atom. The quantitative estimate of drug-likeness (QED) is 0.797. The van der Waals surface area contributed by atoms with Crippen LogP contribution in [-0.2, 0) is 15.9 Å². The van der Waals surface area contributed by atoms with Crippen molar-refractivity contribution in [1.29, 1.82) is 0 Å². The lowest BCUT2D eigenvalue weighted by atomic mass is 10.1. The standard InChI is InChI=1S/C18H18FN3O2/c19-13-4-2-12(3-5-13)14-6-7-15-18(20-14)16(22-21-15)8-9-17-23-10-1-11-24-17/h2-7,17H,1,8-11H2,(H,21,22). The monoisotopic (exact) mass is 327 g/mol. The molecule has 5 nitrogen and oxygen atoms in total. The molecule has 0 aliphatic carbocycles. The van der Waals surface area contributed by atoms with Gasteiger partial charge in [-0.2, -0.15) is 5.10 Å². The van der Waals surface area contributed by atoms with E-state index in [0.29, 0.717) is 0 Å². The number of halogens is 1. The first-order chi connectivity index (χ1) is 11.8. The van der Waals surface area contributed by atoms with Gasteiger partial charge in [0, 0.05) is 12.0 Å². The van der Waals surface area contributed by atoms with Crippen LogP contribution in [0.15, 0.2) is 36.4 Å². The fourth-order valence-electron chi connectivity index (χ4n) is 2.87. The predicted molar refractivity (Wildman–Crippen MR) is 87.9 cm³/mol. The van der Waals surface area contributed by atoms with Gasteiger partial charge in [-0.3, -0.25) is 5.10 Å². The third kappa shape index (κ3) is 3.16. The molecule has 0 radical (unpaired) electrons.